The molecule has 0 aliphatic rings. The number of rotatable bonds is 8. The summed E-state index contributed by atoms with van der Waals surface area (Å²) in [5, 5.41) is -3.84. The summed E-state index contributed by atoms with van der Waals surface area (Å²) in [6, 6.07) is 0. The van der Waals surface area contributed by atoms with Crippen LogP contribution in [-0.2, 0) is 25.2 Å². The van der Waals surface area contributed by atoms with E-state index in [4.69, 9.17) is 0 Å². The Morgan fingerprint density at radius 1 is 0.895 bits per heavy atom. The zero-order chi connectivity index (χ0) is 15.4. The fourth-order valence-electron chi connectivity index (χ4n) is 1.09. The Hall–Kier alpha value is -1.48. The minimum Gasteiger partial charge on any atom is -0.464 e. The molecule has 0 bridgehead atoms. The van der Waals surface area contributed by atoms with E-state index in [1.54, 1.807) is 0 Å². The summed E-state index contributed by atoms with van der Waals surface area (Å²) in [5.74, 6) is -1.39. The lowest BCUT2D eigenvalue weighted by Crippen LogP contribution is -2.23. The Labute approximate surface area is 111 Å². The fraction of sp³-hybridized carbons (Fsp3) is 0.200. The number of halogens is 2. The molecule has 19 heavy (non-hydrogen) atoms. The van der Waals surface area contributed by atoms with Crippen molar-refractivity contribution in [3.8, 4) is 0 Å². The van der Waals surface area contributed by atoms with Gasteiger partial charge in [-0.1, -0.05) is 25.3 Å². The van der Waals surface area contributed by atoms with Gasteiger partial charge in [0.15, 0.2) is 10.5 Å². The van der Waals surface area contributed by atoms with Gasteiger partial charge in [0.05, 0.1) is 0 Å². The van der Waals surface area contributed by atoms with Gasteiger partial charge in [-0.2, -0.15) is 16.8 Å². The monoisotopic (exact) mass is 314 g/mol. The van der Waals surface area contributed by atoms with Gasteiger partial charge in [0.1, 0.15) is 11.5 Å². The largest absolute Gasteiger partial charge is 0.464 e. The lowest BCUT2D eigenvalue weighted by atomic mass is 10.3. The predicted molar refractivity (Wildman–Crippen MR) is 67.4 cm³/mol. The van der Waals surface area contributed by atoms with Gasteiger partial charge in [0, 0.05) is 0 Å². The first-order valence-electron chi connectivity index (χ1n) is 4.62. The first kappa shape index (κ1) is 17.5. The second kappa shape index (κ2) is 6.11. The number of ether oxygens (including phenoxy) is 1. The molecule has 5 nitrogen and oxygen atoms in total. The van der Waals surface area contributed by atoms with Crippen LogP contribution in [0.15, 0.2) is 50.0 Å². The molecule has 0 spiro atoms. The molecular weight excluding hydrogens is 302 g/mol. The summed E-state index contributed by atoms with van der Waals surface area (Å²) in [6.07, 6.45) is 1.36. The number of hydrogen-bond donors (Lipinski definition) is 0. The first-order chi connectivity index (χ1) is 8.45. The Morgan fingerprint density at radius 2 is 1.16 bits per heavy atom. The molecule has 0 saturated heterocycles. The minimum atomic E-state index is -5.08. The van der Waals surface area contributed by atoms with Crippen molar-refractivity contribution in [2.45, 2.75) is 10.5 Å². The van der Waals surface area contributed by atoms with Crippen LogP contribution in [0.4, 0.5) is 7.77 Å². The highest BCUT2D eigenvalue weighted by Gasteiger charge is 2.31. The van der Waals surface area contributed by atoms with E-state index < -0.39 is 42.5 Å². The molecule has 0 aliphatic carbocycles. The SMILES string of the molecule is C=CC(C(=C)OC(=C)C(C=C)S(=O)(=O)F)S(=O)(=O)F. The summed E-state index contributed by atoms with van der Waals surface area (Å²) in [5.41, 5.74) is 0. The highest BCUT2D eigenvalue weighted by atomic mass is 32.3. The Morgan fingerprint density at radius 3 is 1.32 bits per heavy atom. The van der Waals surface area contributed by atoms with E-state index in [1.165, 1.54) is 0 Å². The van der Waals surface area contributed by atoms with Crippen LogP contribution in [-0.4, -0.2) is 27.3 Å². The smallest absolute Gasteiger partial charge is 0.316 e. The summed E-state index contributed by atoms with van der Waals surface area (Å²) < 4.78 is 73.0. The molecular formula is C10H12F2O5S2. The molecule has 0 aromatic heterocycles. The van der Waals surface area contributed by atoms with Crippen molar-refractivity contribution in [1.29, 1.82) is 0 Å². The molecule has 0 radical (unpaired) electrons. The first-order valence-corrected chi connectivity index (χ1v) is 7.52. The lowest BCUT2D eigenvalue weighted by molar-refractivity contribution is 0.294. The summed E-state index contributed by atoms with van der Waals surface area (Å²) in [7, 11) is -10.2. The van der Waals surface area contributed by atoms with E-state index in [-0.39, 0.29) is 0 Å². The molecule has 0 aromatic rings. The zero-order valence-corrected chi connectivity index (χ0v) is 11.4. The third-order valence-corrected chi connectivity index (χ3v) is 4.06. The summed E-state index contributed by atoms with van der Waals surface area (Å²) >= 11 is 0. The van der Waals surface area contributed by atoms with Gasteiger partial charge in [-0.3, -0.25) is 0 Å². The van der Waals surface area contributed by atoms with Crippen LogP contribution < -0.4 is 0 Å². The van der Waals surface area contributed by atoms with Crippen molar-refractivity contribution in [2.24, 2.45) is 0 Å². The molecule has 0 amide bonds. The molecule has 0 rings (SSSR count). The Balaban J connectivity index is 5.17. The average Bonchev–Trinajstić information content (AvgIpc) is 2.13. The third-order valence-electron chi connectivity index (χ3n) is 1.93. The van der Waals surface area contributed by atoms with E-state index in [1.807, 2.05) is 0 Å². The zero-order valence-electron chi connectivity index (χ0n) is 9.75. The van der Waals surface area contributed by atoms with Gasteiger partial charge in [-0.05, 0) is 0 Å². The Kier molecular flexibility index (Phi) is 5.63. The summed E-state index contributed by atoms with van der Waals surface area (Å²) in [6.45, 7) is 12.3. The molecule has 2 unspecified atom stereocenters. The molecule has 0 saturated carbocycles. The van der Waals surface area contributed by atoms with Gasteiger partial charge in [0.25, 0.3) is 0 Å². The highest BCUT2D eigenvalue weighted by molar-refractivity contribution is 7.87. The van der Waals surface area contributed by atoms with Crippen molar-refractivity contribution in [2.75, 3.05) is 0 Å². The van der Waals surface area contributed by atoms with Crippen molar-refractivity contribution in [1.82, 2.24) is 0 Å². The van der Waals surface area contributed by atoms with Crippen LogP contribution in [0.25, 0.3) is 0 Å². The predicted octanol–water partition coefficient (Wildman–Crippen LogP) is 1.74. The maximum Gasteiger partial charge on any atom is 0.316 e. The van der Waals surface area contributed by atoms with Crippen LogP contribution in [0.1, 0.15) is 0 Å². The van der Waals surface area contributed by atoms with Crippen molar-refractivity contribution in [3.63, 3.8) is 0 Å². The average molecular weight is 314 g/mol. The van der Waals surface area contributed by atoms with Gasteiger partial charge in [0.2, 0.25) is 0 Å². The summed E-state index contributed by atoms with van der Waals surface area (Å²) in [4.78, 5) is 0. The second-order valence-electron chi connectivity index (χ2n) is 3.30. The molecule has 0 aliphatic heterocycles. The minimum absolute atomic E-state index is 0.678. The fourth-order valence-corrected chi connectivity index (χ4v) is 2.28. The topological polar surface area (TPSA) is 77.5 Å². The van der Waals surface area contributed by atoms with Gasteiger partial charge < -0.3 is 4.74 Å². The molecule has 0 N–H and O–H groups in total. The quantitative estimate of drug-likeness (QED) is 0.387. The van der Waals surface area contributed by atoms with Crippen LogP contribution in [0.2, 0.25) is 0 Å². The lowest BCUT2D eigenvalue weighted by Gasteiger charge is -2.17. The van der Waals surface area contributed by atoms with Crippen molar-refractivity contribution in [3.05, 3.63) is 50.0 Å². The maximum absolute atomic E-state index is 12.8. The van der Waals surface area contributed by atoms with Gasteiger partial charge in [-0.25, -0.2) is 0 Å². The second-order valence-corrected chi connectivity index (χ2v) is 6.22. The van der Waals surface area contributed by atoms with Gasteiger partial charge in [-0.15, -0.1) is 20.9 Å². The molecule has 0 fully saturated rings. The van der Waals surface area contributed by atoms with Crippen LogP contribution >= 0.6 is 0 Å². The van der Waals surface area contributed by atoms with Crippen LogP contribution in [0.3, 0.4) is 0 Å². The molecule has 9 heteroatoms. The van der Waals surface area contributed by atoms with E-state index >= 15 is 0 Å². The van der Waals surface area contributed by atoms with E-state index in [9.17, 15) is 24.6 Å². The maximum atomic E-state index is 12.8. The van der Waals surface area contributed by atoms with Crippen molar-refractivity contribution >= 4 is 20.4 Å². The third kappa shape index (κ3) is 4.95. The van der Waals surface area contributed by atoms with E-state index in [2.05, 4.69) is 31.1 Å². The van der Waals surface area contributed by atoms with Gasteiger partial charge >= 0.3 is 20.4 Å². The van der Waals surface area contributed by atoms with E-state index in [0.717, 1.165) is 0 Å². The molecule has 0 heterocycles. The van der Waals surface area contributed by atoms with Crippen molar-refractivity contribution < 1.29 is 29.3 Å². The Bertz CT molecular complexity index is 550. The highest BCUT2D eigenvalue weighted by Crippen LogP contribution is 2.22. The molecule has 108 valence electrons. The molecule has 0 aromatic carbocycles. The molecule has 2 atom stereocenters. The van der Waals surface area contributed by atoms with E-state index in [0.29, 0.717) is 12.2 Å². The normalized spacial score (nSPS) is 15.1. The standard InChI is InChI=1S/C10H12F2O5S2/c1-5-9(18(11,13)14)7(3)17-8(4)10(6-2)19(12,15)16/h5-6,9-10H,1-4H2. The van der Waals surface area contributed by atoms with Crippen LogP contribution in [0, 0.1) is 0 Å². The number of hydrogen-bond acceptors (Lipinski definition) is 5. The van der Waals surface area contributed by atoms with Crippen LogP contribution in [0.5, 0.6) is 0 Å².